The van der Waals surface area contributed by atoms with Gasteiger partial charge in [-0.25, -0.2) is 4.39 Å². The molecule has 0 fully saturated rings. The Kier molecular flexibility index (Phi) is 3.74. The van der Waals surface area contributed by atoms with Gasteiger partial charge in [-0.1, -0.05) is 0 Å². The normalized spacial score (nSPS) is 10.8. The highest BCUT2D eigenvalue weighted by Crippen LogP contribution is 2.19. The molecule has 0 radical (unpaired) electrons. The van der Waals surface area contributed by atoms with E-state index in [-0.39, 0.29) is 11.6 Å². The van der Waals surface area contributed by atoms with Crippen molar-refractivity contribution in [1.29, 1.82) is 0 Å². The number of anilines is 2. The molecule has 0 spiro atoms. The van der Waals surface area contributed by atoms with Crippen molar-refractivity contribution in [2.24, 2.45) is 0 Å². The summed E-state index contributed by atoms with van der Waals surface area (Å²) in [5, 5.41) is 6.71. The van der Waals surface area contributed by atoms with Crippen LogP contribution in [0.15, 0.2) is 24.5 Å². The summed E-state index contributed by atoms with van der Waals surface area (Å²) in [6.45, 7) is 5.51. The highest BCUT2D eigenvalue weighted by Gasteiger charge is 2.15. The van der Waals surface area contributed by atoms with Crippen LogP contribution in [0.25, 0.3) is 0 Å². The van der Waals surface area contributed by atoms with Crippen molar-refractivity contribution >= 4 is 17.3 Å². The summed E-state index contributed by atoms with van der Waals surface area (Å²) in [5.41, 5.74) is 6.78. The third-order valence-corrected chi connectivity index (χ3v) is 2.91. The fraction of sp³-hybridized carbons (Fsp3) is 0.286. The van der Waals surface area contributed by atoms with Gasteiger partial charge in [-0.2, -0.15) is 5.10 Å². The smallest absolute Gasteiger partial charge is 0.258 e. The molecule has 3 N–H and O–H groups in total. The van der Waals surface area contributed by atoms with Crippen LogP contribution in [0.2, 0.25) is 0 Å². The number of nitrogens with zero attached hydrogens (tertiary/aromatic N) is 2. The number of nitrogens with two attached hydrogens (primary N) is 1. The molecule has 0 aliphatic carbocycles. The summed E-state index contributed by atoms with van der Waals surface area (Å²) in [7, 11) is 0. The second-order valence-corrected chi connectivity index (χ2v) is 4.96. The van der Waals surface area contributed by atoms with Gasteiger partial charge in [0, 0.05) is 17.9 Å². The Balaban J connectivity index is 2.23. The highest BCUT2D eigenvalue weighted by molar-refractivity contribution is 6.05. The number of amides is 1. The number of halogens is 1. The van der Waals surface area contributed by atoms with E-state index in [2.05, 4.69) is 10.4 Å². The fourth-order valence-corrected chi connectivity index (χ4v) is 1.85. The first-order valence-corrected chi connectivity index (χ1v) is 6.29. The van der Waals surface area contributed by atoms with Crippen LogP contribution in [-0.4, -0.2) is 15.7 Å². The van der Waals surface area contributed by atoms with Crippen LogP contribution >= 0.6 is 0 Å². The lowest BCUT2D eigenvalue weighted by Crippen LogP contribution is -2.14. The molecule has 1 aromatic heterocycles. The third-order valence-electron chi connectivity index (χ3n) is 2.91. The minimum absolute atomic E-state index is 0.0696. The van der Waals surface area contributed by atoms with Crippen LogP contribution in [-0.2, 0) is 0 Å². The van der Waals surface area contributed by atoms with Gasteiger partial charge in [-0.05, 0) is 38.5 Å². The van der Waals surface area contributed by atoms with Crippen molar-refractivity contribution in [1.82, 2.24) is 9.78 Å². The largest absolute Gasteiger partial charge is 0.399 e. The lowest BCUT2D eigenvalue weighted by Gasteiger charge is -2.07. The van der Waals surface area contributed by atoms with Crippen LogP contribution in [0, 0.1) is 12.7 Å². The van der Waals surface area contributed by atoms with Crippen molar-refractivity contribution in [3.63, 3.8) is 0 Å². The van der Waals surface area contributed by atoms with Crippen molar-refractivity contribution in [2.75, 3.05) is 11.1 Å². The number of rotatable bonds is 3. The van der Waals surface area contributed by atoms with Gasteiger partial charge in [0.2, 0.25) is 0 Å². The van der Waals surface area contributed by atoms with E-state index in [1.807, 2.05) is 13.8 Å². The standard InChI is InChI=1S/C14H17FN4O/c1-8(2)19-7-11(6-17-19)18-14(20)12-5-10(16)4-9(3)13(12)15/h4-8H,16H2,1-3H3,(H,18,20). The maximum absolute atomic E-state index is 13.9. The second-order valence-electron chi connectivity index (χ2n) is 4.96. The highest BCUT2D eigenvalue weighted by atomic mass is 19.1. The first-order valence-electron chi connectivity index (χ1n) is 6.29. The van der Waals surface area contributed by atoms with Crippen LogP contribution in [0.4, 0.5) is 15.8 Å². The monoisotopic (exact) mass is 276 g/mol. The molecule has 0 unspecified atom stereocenters. The quantitative estimate of drug-likeness (QED) is 0.847. The van der Waals surface area contributed by atoms with E-state index < -0.39 is 11.7 Å². The minimum Gasteiger partial charge on any atom is -0.399 e. The Labute approximate surface area is 116 Å². The molecule has 0 atom stereocenters. The summed E-state index contributed by atoms with van der Waals surface area (Å²) < 4.78 is 15.6. The Morgan fingerprint density at radius 1 is 1.45 bits per heavy atom. The van der Waals surface area contributed by atoms with Crippen molar-refractivity contribution in [3.8, 4) is 0 Å². The molecule has 1 aromatic carbocycles. The molecule has 2 rings (SSSR count). The number of nitrogens with one attached hydrogen (secondary N) is 1. The molecule has 1 heterocycles. The van der Waals surface area contributed by atoms with E-state index in [1.54, 1.807) is 17.8 Å². The van der Waals surface area contributed by atoms with E-state index in [1.165, 1.54) is 18.3 Å². The molecule has 0 saturated carbocycles. The van der Waals surface area contributed by atoms with Crippen LogP contribution < -0.4 is 11.1 Å². The molecular weight excluding hydrogens is 259 g/mol. The van der Waals surface area contributed by atoms with Crippen LogP contribution in [0.3, 0.4) is 0 Å². The maximum atomic E-state index is 13.9. The number of aromatic nitrogens is 2. The number of benzene rings is 1. The van der Waals surface area contributed by atoms with Crippen molar-refractivity contribution in [2.45, 2.75) is 26.8 Å². The van der Waals surface area contributed by atoms with E-state index in [9.17, 15) is 9.18 Å². The van der Waals surface area contributed by atoms with Crippen LogP contribution in [0.1, 0.15) is 35.8 Å². The molecule has 0 aliphatic rings. The summed E-state index contributed by atoms with van der Waals surface area (Å²) in [6, 6.07) is 3.00. The lowest BCUT2D eigenvalue weighted by molar-refractivity contribution is 0.102. The van der Waals surface area contributed by atoms with Gasteiger partial charge in [0.15, 0.2) is 0 Å². The number of nitrogen functional groups attached to an aromatic ring is 1. The zero-order valence-corrected chi connectivity index (χ0v) is 11.6. The zero-order valence-electron chi connectivity index (χ0n) is 11.6. The minimum atomic E-state index is -0.562. The predicted octanol–water partition coefficient (Wildman–Crippen LogP) is 2.75. The summed E-state index contributed by atoms with van der Waals surface area (Å²) in [6.07, 6.45) is 3.22. The van der Waals surface area contributed by atoms with Gasteiger partial charge in [-0.3, -0.25) is 9.48 Å². The zero-order chi connectivity index (χ0) is 14.9. The van der Waals surface area contributed by atoms with E-state index in [0.717, 1.165) is 0 Å². The second kappa shape index (κ2) is 5.32. The molecule has 2 aromatic rings. The Hall–Kier alpha value is -2.37. The van der Waals surface area contributed by atoms with E-state index in [4.69, 9.17) is 5.73 Å². The Morgan fingerprint density at radius 3 is 2.75 bits per heavy atom. The van der Waals surface area contributed by atoms with Gasteiger partial charge in [-0.15, -0.1) is 0 Å². The van der Waals surface area contributed by atoms with E-state index >= 15 is 0 Å². The molecule has 106 valence electrons. The number of aryl methyl sites for hydroxylation is 1. The average Bonchev–Trinajstić information content (AvgIpc) is 2.82. The first-order chi connectivity index (χ1) is 9.38. The van der Waals surface area contributed by atoms with Crippen LogP contribution in [0.5, 0.6) is 0 Å². The molecule has 0 bridgehead atoms. The number of hydrogen-bond acceptors (Lipinski definition) is 3. The van der Waals surface area contributed by atoms with Gasteiger partial charge >= 0.3 is 0 Å². The summed E-state index contributed by atoms with van der Waals surface area (Å²) in [4.78, 5) is 12.1. The fourth-order valence-electron chi connectivity index (χ4n) is 1.85. The number of carbonyl (C=O) groups is 1. The molecule has 1 amide bonds. The molecule has 0 saturated heterocycles. The molecule has 0 aliphatic heterocycles. The predicted molar refractivity (Wildman–Crippen MR) is 76.1 cm³/mol. The van der Waals surface area contributed by atoms with E-state index in [0.29, 0.717) is 16.9 Å². The maximum Gasteiger partial charge on any atom is 0.258 e. The topological polar surface area (TPSA) is 72.9 Å². The van der Waals surface area contributed by atoms with Crippen molar-refractivity contribution in [3.05, 3.63) is 41.5 Å². The Morgan fingerprint density at radius 2 is 2.15 bits per heavy atom. The van der Waals surface area contributed by atoms with Gasteiger partial charge in [0.05, 0.1) is 17.4 Å². The first kappa shape index (κ1) is 14.0. The summed E-state index contributed by atoms with van der Waals surface area (Å²) in [5.74, 6) is -1.10. The van der Waals surface area contributed by atoms with Gasteiger partial charge < -0.3 is 11.1 Å². The number of carbonyl (C=O) groups excluding carboxylic acids is 1. The number of hydrogen-bond donors (Lipinski definition) is 2. The molecule has 5 nitrogen and oxygen atoms in total. The lowest BCUT2D eigenvalue weighted by atomic mass is 10.1. The third kappa shape index (κ3) is 2.79. The molecule has 20 heavy (non-hydrogen) atoms. The van der Waals surface area contributed by atoms with Gasteiger partial charge in [0.1, 0.15) is 5.82 Å². The molecular formula is C14H17FN4O. The van der Waals surface area contributed by atoms with Crippen molar-refractivity contribution < 1.29 is 9.18 Å². The SMILES string of the molecule is Cc1cc(N)cc(C(=O)Nc2cnn(C(C)C)c2)c1F. The average molecular weight is 276 g/mol. The summed E-state index contributed by atoms with van der Waals surface area (Å²) >= 11 is 0. The Bertz CT molecular complexity index is 649. The van der Waals surface area contributed by atoms with Gasteiger partial charge in [0.25, 0.3) is 5.91 Å². The molecule has 6 heteroatoms.